The fourth-order valence-electron chi connectivity index (χ4n) is 4.29. The van der Waals surface area contributed by atoms with Gasteiger partial charge in [0.05, 0.1) is 0 Å². The standard InChI is InChI=1S/C17H30N2O/c20-17-15(13-18-9-3-1-4-10-18)7-8-16(17)14-19-11-5-2-6-12-19/h15-16H,1-14H2/t15-,16+. The maximum atomic E-state index is 12.6. The van der Waals surface area contributed by atoms with Crippen LogP contribution in [0.5, 0.6) is 0 Å². The van der Waals surface area contributed by atoms with Crippen molar-refractivity contribution in [3.63, 3.8) is 0 Å². The third kappa shape index (κ3) is 3.62. The highest BCUT2D eigenvalue weighted by Gasteiger charge is 2.36. The van der Waals surface area contributed by atoms with Gasteiger partial charge in [0.15, 0.2) is 0 Å². The van der Waals surface area contributed by atoms with Crippen molar-refractivity contribution in [1.29, 1.82) is 0 Å². The Balaban J connectivity index is 1.46. The first kappa shape index (κ1) is 14.5. The summed E-state index contributed by atoms with van der Waals surface area (Å²) >= 11 is 0. The molecule has 20 heavy (non-hydrogen) atoms. The summed E-state index contributed by atoms with van der Waals surface area (Å²) in [7, 11) is 0. The third-order valence-corrected chi connectivity index (χ3v) is 5.52. The first-order chi connectivity index (χ1) is 9.83. The second kappa shape index (κ2) is 7.04. The van der Waals surface area contributed by atoms with Crippen molar-refractivity contribution in [2.45, 2.75) is 51.4 Å². The van der Waals surface area contributed by atoms with Crippen molar-refractivity contribution in [3.8, 4) is 0 Å². The Morgan fingerprint density at radius 1 is 0.700 bits per heavy atom. The van der Waals surface area contributed by atoms with E-state index in [1.165, 1.54) is 64.7 Å². The molecule has 0 bridgehead atoms. The van der Waals surface area contributed by atoms with Crippen LogP contribution in [0, 0.1) is 11.8 Å². The number of carbonyl (C=O) groups is 1. The lowest BCUT2D eigenvalue weighted by molar-refractivity contribution is -0.125. The second-order valence-corrected chi connectivity index (χ2v) is 7.10. The minimum absolute atomic E-state index is 0.350. The molecule has 2 atom stereocenters. The molecule has 3 aliphatic rings. The van der Waals surface area contributed by atoms with Crippen LogP contribution >= 0.6 is 0 Å². The van der Waals surface area contributed by atoms with Gasteiger partial charge in [-0.2, -0.15) is 0 Å². The van der Waals surface area contributed by atoms with E-state index >= 15 is 0 Å². The lowest BCUT2D eigenvalue weighted by Gasteiger charge is -2.30. The first-order valence-corrected chi connectivity index (χ1v) is 8.81. The van der Waals surface area contributed by atoms with Gasteiger partial charge in [-0.1, -0.05) is 12.8 Å². The minimum atomic E-state index is 0.350. The van der Waals surface area contributed by atoms with Crippen LogP contribution in [-0.4, -0.2) is 54.9 Å². The Kier molecular flexibility index (Phi) is 5.11. The summed E-state index contributed by atoms with van der Waals surface area (Å²) in [5.74, 6) is 1.28. The molecule has 114 valence electrons. The molecule has 0 N–H and O–H groups in total. The van der Waals surface area contributed by atoms with Gasteiger partial charge in [-0.25, -0.2) is 0 Å². The van der Waals surface area contributed by atoms with Crippen LogP contribution in [0.3, 0.4) is 0 Å². The maximum Gasteiger partial charge on any atom is 0.141 e. The average Bonchev–Trinajstić information content (AvgIpc) is 2.83. The van der Waals surface area contributed by atoms with Crippen LogP contribution in [0.2, 0.25) is 0 Å². The predicted molar refractivity (Wildman–Crippen MR) is 81.8 cm³/mol. The van der Waals surface area contributed by atoms with Gasteiger partial charge in [-0.15, -0.1) is 0 Å². The molecular formula is C17H30N2O. The molecule has 0 aromatic carbocycles. The molecule has 0 radical (unpaired) electrons. The molecule has 2 aliphatic heterocycles. The Hall–Kier alpha value is -0.410. The van der Waals surface area contributed by atoms with Gasteiger partial charge in [0.25, 0.3) is 0 Å². The van der Waals surface area contributed by atoms with Gasteiger partial charge >= 0.3 is 0 Å². The zero-order valence-electron chi connectivity index (χ0n) is 12.9. The quantitative estimate of drug-likeness (QED) is 0.789. The molecule has 2 heterocycles. The second-order valence-electron chi connectivity index (χ2n) is 7.10. The van der Waals surface area contributed by atoms with E-state index in [-0.39, 0.29) is 0 Å². The van der Waals surface area contributed by atoms with Gasteiger partial charge in [0, 0.05) is 24.9 Å². The van der Waals surface area contributed by atoms with Crippen molar-refractivity contribution >= 4 is 5.78 Å². The Labute approximate surface area is 123 Å². The van der Waals surface area contributed by atoms with Crippen molar-refractivity contribution in [3.05, 3.63) is 0 Å². The Morgan fingerprint density at radius 3 is 1.50 bits per heavy atom. The number of rotatable bonds is 4. The SMILES string of the molecule is O=C1[C@@H](CN2CCCCC2)CC[C@H]1CN1CCCCC1. The highest BCUT2D eigenvalue weighted by Crippen LogP contribution is 2.30. The van der Waals surface area contributed by atoms with Gasteiger partial charge < -0.3 is 9.80 Å². The smallest absolute Gasteiger partial charge is 0.141 e. The van der Waals surface area contributed by atoms with Gasteiger partial charge in [0.2, 0.25) is 0 Å². The summed E-state index contributed by atoms with van der Waals surface area (Å²) in [4.78, 5) is 17.7. The summed E-state index contributed by atoms with van der Waals surface area (Å²) < 4.78 is 0. The van der Waals surface area contributed by atoms with Crippen LogP contribution in [-0.2, 0) is 4.79 Å². The van der Waals surface area contributed by atoms with Crippen LogP contribution in [0.25, 0.3) is 0 Å². The Morgan fingerprint density at radius 2 is 1.10 bits per heavy atom. The molecule has 2 saturated heterocycles. The molecule has 0 aromatic rings. The fraction of sp³-hybridized carbons (Fsp3) is 0.941. The molecule has 0 unspecified atom stereocenters. The summed E-state index contributed by atoms with van der Waals surface area (Å²) in [6.07, 6.45) is 10.4. The summed E-state index contributed by atoms with van der Waals surface area (Å²) in [5, 5.41) is 0. The van der Waals surface area contributed by atoms with Crippen molar-refractivity contribution in [1.82, 2.24) is 9.80 Å². The summed E-state index contributed by atoms with van der Waals surface area (Å²) in [6, 6.07) is 0. The molecule has 3 heteroatoms. The highest BCUT2D eigenvalue weighted by molar-refractivity contribution is 5.85. The van der Waals surface area contributed by atoms with E-state index in [0.717, 1.165) is 25.9 Å². The number of carbonyl (C=O) groups excluding carboxylic acids is 1. The van der Waals surface area contributed by atoms with Crippen LogP contribution in [0.4, 0.5) is 0 Å². The number of ketones is 1. The molecule has 1 aliphatic carbocycles. The molecule has 1 saturated carbocycles. The summed E-state index contributed by atoms with van der Waals surface area (Å²) in [6.45, 7) is 6.99. The molecule has 3 rings (SSSR count). The number of piperidine rings is 2. The lowest BCUT2D eigenvalue weighted by atomic mass is 10.00. The van der Waals surface area contributed by atoms with E-state index in [2.05, 4.69) is 9.80 Å². The number of Topliss-reactive ketones (excluding diaryl/α,β-unsaturated/α-hetero) is 1. The molecule has 3 fully saturated rings. The monoisotopic (exact) mass is 278 g/mol. The third-order valence-electron chi connectivity index (χ3n) is 5.52. The number of hydrogen-bond donors (Lipinski definition) is 0. The van der Waals surface area contributed by atoms with Crippen molar-refractivity contribution in [2.75, 3.05) is 39.3 Å². The topological polar surface area (TPSA) is 23.6 Å². The normalized spacial score (nSPS) is 33.7. The molecule has 0 aromatic heterocycles. The van der Waals surface area contributed by atoms with E-state index in [1.807, 2.05) is 0 Å². The molecular weight excluding hydrogens is 248 g/mol. The number of likely N-dealkylation sites (tertiary alicyclic amines) is 2. The molecule has 0 spiro atoms. The van der Waals surface area contributed by atoms with E-state index in [1.54, 1.807) is 0 Å². The van der Waals surface area contributed by atoms with Gasteiger partial charge in [0.1, 0.15) is 5.78 Å². The van der Waals surface area contributed by atoms with Crippen molar-refractivity contribution < 1.29 is 4.79 Å². The van der Waals surface area contributed by atoms with Gasteiger partial charge in [-0.3, -0.25) is 4.79 Å². The van der Waals surface area contributed by atoms with E-state index < -0.39 is 0 Å². The van der Waals surface area contributed by atoms with Crippen molar-refractivity contribution in [2.24, 2.45) is 11.8 Å². The van der Waals surface area contributed by atoms with Gasteiger partial charge in [-0.05, 0) is 64.7 Å². The molecule has 0 amide bonds. The van der Waals surface area contributed by atoms with E-state index in [9.17, 15) is 4.79 Å². The number of nitrogens with zero attached hydrogens (tertiary/aromatic N) is 2. The molecule has 3 nitrogen and oxygen atoms in total. The summed E-state index contributed by atoms with van der Waals surface area (Å²) in [5.41, 5.74) is 0. The maximum absolute atomic E-state index is 12.6. The zero-order chi connectivity index (χ0) is 13.8. The zero-order valence-corrected chi connectivity index (χ0v) is 12.9. The van der Waals surface area contributed by atoms with Crippen LogP contribution in [0.1, 0.15) is 51.4 Å². The van der Waals surface area contributed by atoms with Crippen LogP contribution in [0.15, 0.2) is 0 Å². The lowest BCUT2D eigenvalue weighted by Crippen LogP contribution is -2.38. The van der Waals surface area contributed by atoms with E-state index in [4.69, 9.17) is 0 Å². The predicted octanol–water partition coefficient (Wildman–Crippen LogP) is 2.55. The first-order valence-electron chi connectivity index (χ1n) is 8.81. The highest BCUT2D eigenvalue weighted by atomic mass is 16.1. The number of hydrogen-bond acceptors (Lipinski definition) is 3. The average molecular weight is 278 g/mol. The minimum Gasteiger partial charge on any atom is -0.303 e. The van der Waals surface area contributed by atoms with Crippen LogP contribution < -0.4 is 0 Å². The van der Waals surface area contributed by atoms with E-state index in [0.29, 0.717) is 17.6 Å². The Bertz CT molecular complexity index is 289. The fourth-order valence-corrected chi connectivity index (χ4v) is 4.29. The largest absolute Gasteiger partial charge is 0.303 e.